The number of methoxy groups -OCH3 is 1. The van der Waals surface area contributed by atoms with Gasteiger partial charge in [-0.3, -0.25) is 10.1 Å². The van der Waals surface area contributed by atoms with Gasteiger partial charge in [0.1, 0.15) is 5.75 Å². The topological polar surface area (TPSA) is 76.4 Å². The van der Waals surface area contributed by atoms with Gasteiger partial charge in [0.2, 0.25) is 0 Å². The zero-order chi connectivity index (χ0) is 16.8. The van der Waals surface area contributed by atoms with Gasteiger partial charge in [-0.2, -0.15) is 0 Å². The number of ether oxygens (including phenoxy) is 1. The van der Waals surface area contributed by atoms with Gasteiger partial charge in [-0.05, 0) is 30.8 Å². The highest BCUT2D eigenvalue weighted by atomic mass is 32.1. The van der Waals surface area contributed by atoms with Crippen molar-refractivity contribution in [1.82, 2.24) is 5.32 Å². The highest BCUT2D eigenvalue weighted by Gasteiger charge is 2.13. The maximum Gasteiger partial charge on any atom is 0.271 e. The molecule has 1 unspecified atom stereocenters. The van der Waals surface area contributed by atoms with Crippen LogP contribution in [0.15, 0.2) is 48.5 Å². The van der Waals surface area contributed by atoms with Crippen molar-refractivity contribution >= 4 is 28.7 Å². The Morgan fingerprint density at radius 2 is 1.96 bits per heavy atom. The molecular formula is C16H17N3O3S. The van der Waals surface area contributed by atoms with Gasteiger partial charge in [-0.15, -0.1) is 0 Å². The second-order valence-corrected chi connectivity index (χ2v) is 5.28. The number of anilines is 1. The summed E-state index contributed by atoms with van der Waals surface area (Å²) in [6.07, 6.45) is 0. The first kappa shape index (κ1) is 16.7. The molecule has 0 aliphatic rings. The SMILES string of the molecule is COc1ccc([N+](=O)[O-])cc1NC(=S)NC(C)c1ccccc1. The Morgan fingerprint density at radius 3 is 2.57 bits per heavy atom. The highest BCUT2D eigenvalue weighted by molar-refractivity contribution is 7.80. The van der Waals surface area contributed by atoms with Gasteiger partial charge in [0, 0.05) is 12.1 Å². The molecule has 120 valence electrons. The van der Waals surface area contributed by atoms with Gasteiger partial charge in [0.15, 0.2) is 5.11 Å². The second kappa shape index (κ2) is 7.55. The molecule has 0 radical (unpaired) electrons. The van der Waals surface area contributed by atoms with E-state index in [-0.39, 0.29) is 11.7 Å². The van der Waals surface area contributed by atoms with Crippen molar-refractivity contribution in [3.63, 3.8) is 0 Å². The number of nitro benzene ring substituents is 1. The van der Waals surface area contributed by atoms with Crippen molar-refractivity contribution in [2.45, 2.75) is 13.0 Å². The lowest BCUT2D eigenvalue weighted by molar-refractivity contribution is -0.384. The molecule has 2 aromatic rings. The lowest BCUT2D eigenvalue weighted by Crippen LogP contribution is -2.31. The summed E-state index contributed by atoms with van der Waals surface area (Å²) in [6.45, 7) is 1.98. The van der Waals surface area contributed by atoms with Crippen LogP contribution in [0.5, 0.6) is 5.75 Å². The van der Waals surface area contributed by atoms with E-state index in [1.807, 2.05) is 37.3 Å². The van der Waals surface area contributed by atoms with E-state index in [9.17, 15) is 10.1 Å². The van der Waals surface area contributed by atoms with Crippen molar-refractivity contribution in [3.8, 4) is 5.75 Å². The summed E-state index contributed by atoms with van der Waals surface area (Å²) in [5.74, 6) is 0.479. The molecule has 2 rings (SSSR count). The average Bonchev–Trinajstić information content (AvgIpc) is 2.55. The van der Waals surface area contributed by atoms with Crippen LogP contribution in [-0.4, -0.2) is 17.1 Å². The summed E-state index contributed by atoms with van der Waals surface area (Å²) < 4.78 is 5.20. The van der Waals surface area contributed by atoms with E-state index in [1.165, 1.54) is 25.3 Å². The molecule has 0 bridgehead atoms. The molecule has 0 spiro atoms. The van der Waals surface area contributed by atoms with Gasteiger partial charge in [0.25, 0.3) is 5.69 Å². The summed E-state index contributed by atoms with van der Waals surface area (Å²) in [5.41, 5.74) is 1.49. The lowest BCUT2D eigenvalue weighted by Gasteiger charge is -2.18. The largest absolute Gasteiger partial charge is 0.495 e. The average molecular weight is 331 g/mol. The standard InChI is InChI=1S/C16H17N3O3S/c1-11(12-6-4-3-5-7-12)17-16(23)18-14-10-13(19(20)21)8-9-15(14)22-2/h3-11H,1-2H3,(H2,17,18,23). The van der Waals surface area contributed by atoms with Crippen LogP contribution < -0.4 is 15.4 Å². The number of rotatable bonds is 5. The minimum absolute atomic E-state index is 0.000827. The first-order chi connectivity index (χ1) is 11.0. The molecule has 23 heavy (non-hydrogen) atoms. The third kappa shape index (κ3) is 4.40. The number of nitro groups is 1. The van der Waals surface area contributed by atoms with Gasteiger partial charge in [0.05, 0.1) is 23.8 Å². The number of hydrogen-bond acceptors (Lipinski definition) is 4. The first-order valence-electron chi connectivity index (χ1n) is 6.96. The molecule has 0 saturated heterocycles. The minimum atomic E-state index is -0.465. The number of hydrogen-bond donors (Lipinski definition) is 2. The Bertz CT molecular complexity index is 707. The molecule has 2 N–H and O–H groups in total. The zero-order valence-electron chi connectivity index (χ0n) is 12.8. The quantitative estimate of drug-likeness (QED) is 0.495. The van der Waals surface area contributed by atoms with Crippen molar-refractivity contribution in [3.05, 3.63) is 64.2 Å². The number of nitrogens with zero attached hydrogens (tertiary/aromatic N) is 1. The Labute approximate surface area is 139 Å². The van der Waals surface area contributed by atoms with Crippen LogP contribution >= 0.6 is 12.2 Å². The molecule has 0 amide bonds. The summed E-state index contributed by atoms with van der Waals surface area (Å²) >= 11 is 5.28. The van der Waals surface area contributed by atoms with E-state index in [2.05, 4.69) is 10.6 Å². The fraction of sp³-hybridized carbons (Fsp3) is 0.188. The summed E-state index contributed by atoms with van der Waals surface area (Å²) in [4.78, 5) is 10.4. The number of thiocarbonyl (C=S) groups is 1. The van der Waals surface area contributed by atoms with Gasteiger partial charge in [-0.25, -0.2) is 0 Å². The van der Waals surface area contributed by atoms with Crippen LogP contribution in [-0.2, 0) is 0 Å². The molecule has 0 aliphatic heterocycles. The lowest BCUT2D eigenvalue weighted by atomic mass is 10.1. The fourth-order valence-corrected chi connectivity index (χ4v) is 2.37. The third-order valence-corrected chi connectivity index (χ3v) is 3.51. The van der Waals surface area contributed by atoms with Gasteiger partial charge in [-0.1, -0.05) is 30.3 Å². The molecular weight excluding hydrogens is 314 g/mol. The summed E-state index contributed by atoms with van der Waals surface area (Å²) in [5, 5.41) is 17.3. The zero-order valence-corrected chi connectivity index (χ0v) is 13.6. The normalized spacial score (nSPS) is 11.4. The molecule has 6 nitrogen and oxygen atoms in total. The Balaban J connectivity index is 2.10. The Hall–Kier alpha value is -2.67. The molecule has 7 heteroatoms. The Kier molecular flexibility index (Phi) is 5.48. The number of non-ortho nitro benzene ring substituents is 1. The van der Waals surface area contributed by atoms with E-state index in [1.54, 1.807) is 0 Å². The van der Waals surface area contributed by atoms with Crippen molar-refractivity contribution in [1.29, 1.82) is 0 Å². The second-order valence-electron chi connectivity index (χ2n) is 4.87. The van der Waals surface area contributed by atoms with E-state index in [4.69, 9.17) is 17.0 Å². The van der Waals surface area contributed by atoms with E-state index >= 15 is 0 Å². The molecule has 0 saturated carbocycles. The van der Waals surface area contributed by atoms with Gasteiger partial charge < -0.3 is 15.4 Å². The van der Waals surface area contributed by atoms with Crippen LogP contribution in [0.2, 0.25) is 0 Å². The summed E-state index contributed by atoms with van der Waals surface area (Å²) in [6, 6.07) is 14.1. The molecule has 0 aromatic heterocycles. The predicted octanol–water partition coefficient (Wildman–Crippen LogP) is 3.65. The van der Waals surface area contributed by atoms with Crippen LogP contribution in [0.1, 0.15) is 18.5 Å². The monoisotopic (exact) mass is 331 g/mol. The third-order valence-electron chi connectivity index (χ3n) is 3.29. The van der Waals surface area contributed by atoms with Gasteiger partial charge >= 0.3 is 0 Å². The first-order valence-corrected chi connectivity index (χ1v) is 7.37. The summed E-state index contributed by atoms with van der Waals surface area (Å²) in [7, 11) is 1.50. The number of nitrogens with one attached hydrogen (secondary N) is 2. The van der Waals surface area contributed by atoms with Crippen LogP contribution in [0, 0.1) is 10.1 Å². The van der Waals surface area contributed by atoms with E-state index in [0.717, 1.165) is 5.56 Å². The van der Waals surface area contributed by atoms with E-state index < -0.39 is 4.92 Å². The molecule has 1 atom stereocenters. The highest BCUT2D eigenvalue weighted by Crippen LogP contribution is 2.28. The van der Waals surface area contributed by atoms with Crippen LogP contribution in [0.3, 0.4) is 0 Å². The Morgan fingerprint density at radius 1 is 1.26 bits per heavy atom. The fourth-order valence-electron chi connectivity index (χ4n) is 2.09. The molecule has 0 fully saturated rings. The van der Waals surface area contributed by atoms with Crippen molar-refractivity contribution in [2.24, 2.45) is 0 Å². The number of benzene rings is 2. The van der Waals surface area contributed by atoms with E-state index in [0.29, 0.717) is 16.5 Å². The van der Waals surface area contributed by atoms with Crippen molar-refractivity contribution in [2.75, 3.05) is 12.4 Å². The predicted molar refractivity (Wildman–Crippen MR) is 93.9 cm³/mol. The molecule has 0 heterocycles. The van der Waals surface area contributed by atoms with Crippen LogP contribution in [0.25, 0.3) is 0 Å². The smallest absolute Gasteiger partial charge is 0.271 e. The maximum absolute atomic E-state index is 10.9. The molecule has 0 aliphatic carbocycles. The molecule has 2 aromatic carbocycles. The van der Waals surface area contributed by atoms with Crippen LogP contribution in [0.4, 0.5) is 11.4 Å². The minimum Gasteiger partial charge on any atom is -0.495 e. The van der Waals surface area contributed by atoms with Crippen molar-refractivity contribution < 1.29 is 9.66 Å². The maximum atomic E-state index is 10.9.